The van der Waals surface area contributed by atoms with Gasteiger partial charge in [-0.05, 0) is 18.6 Å². The van der Waals surface area contributed by atoms with Gasteiger partial charge in [0.1, 0.15) is 0 Å². The van der Waals surface area contributed by atoms with E-state index in [0.29, 0.717) is 31.2 Å². The molecule has 1 aliphatic heterocycles. The maximum atomic E-state index is 10.9. The molecule has 0 aromatic heterocycles. The summed E-state index contributed by atoms with van der Waals surface area (Å²) in [5.74, 6) is 0.125. The maximum Gasteiger partial charge on any atom is 0.220 e. The summed E-state index contributed by atoms with van der Waals surface area (Å²) >= 11 is 5.04. The van der Waals surface area contributed by atoms with E-state index in [1.807, 2.05) is 0 Å². The molecule has 1 amide bonds. The average Bonchev–Trinajstić information content (AvgIpc) is 2.62. The summed E-state index contributed by atoms with van der Waals surface area (Å²) in [5.41, 5.74) is 0. The van der Waals surface area contributed by atoms with Crippen LogP contribution in [0.25, 0.3) is 0 Å². The van der Waals surface area contributed by atoms with Crippen LogP contribution in [0, 0.1) is 0 Å². The molecule has 15 heavy (non-hydrogen) atoms. The highest BCUT2D eigenvalue weighted by atomic mass is 32.1. The van der Waals surface area contributed by atoms with E-state index in [1.165, 1.54) is 0 Å². The van der Waals surface area contributed by atoms with Crippen LogP contribution in [0.1, 0.15) is 12.8 Å². The molecule has 6 heteroatoms. The van der Waals surface area contributed by atoms with Crippen LogP contribution in [-0.2, 0) is 9.53 Å². The normalized spacial score (nSPS) is 19.8. The fraction of sp³-hybridized carbons (Fsp3) is 0.778. The van der Waals surface area contributed by atoms with Crippen molar-refractivity contribution < 1.29 is 9.53 Å². The summed E-state index contributed by atoms with van der Waals surface area (Å²) in [4.78, 5) is 10.9. The Bertz CT molecular complexity index is 235. The summed E-state index contributed by atoms with van der Waals surface area (Å²) in [6, 6.07) is 0.208. The second kappa shape index (κ2) is 6.58. The fourth-order valence-corrected chi connectivity index (χ4v) is 1.56. The molecule has 1 fully saturated rings. The van der Waals surface area contributed by atoms with Gasteiger partial charge in [0.15, 0.2) is 5.11 Å². The Hall–Kier alpha value is -0.880. The summed E-state index contributed by atoms with van der Waals surface area (Å²) in [5, 5.41) is 9.52. The quantitative estimate of drug-likeness (QED) is 0.435. The highest BCUT2D eigenvalue weighted by Crippen LogP contribution is 2.04. The Balaban J connectivity index is 2.03. The monoisotopic (exact) mass is 231 g/mol. The lowest BCUT2D eigenvalue weighted by molar-refractivity contribution is -0.119. The molecule has 0 aromatic rings. The van der Waals surface area contributed by atoms with E-state index < -0.39 is 0 Å². The van der Waals surface area contributed by atoms with E-state index in [4.69, 9.17) is 17.0 Å². The lowest BCUT2D eigenvalue weighted by Gasteiger charge is -2.14. The molecule has 1 heterocycles. The number of amides is 1. The molecule has 5 nitrogen and oxygen atoms in total. The minimum absolute atomic E-state index is 0.125. The van der Waals surface area contributed by atoms with Gasteiger partial charge in [-0.15, -0.1) is 0 Å². The van der Waals surface area contributed by atoms with Gasteiger partial charge in [0, 0.05) is 32.7 Å². The molecule has 86 valence electrons. The average molecular weight is 231 g/mol. The zero-order valence-corrected chi connectivity index (χ0v) is 9.65. The number of nitrogens with one attached hydrogen (secondary N) is 3. The minimum atomic E-state index is 0.125. The molecule has 1 unspecified atom stereocenters. The van der Waals surface area contributed by atoms with Gasteiger partial charge in [-0.25, -0.2) is 0 Å². The van der Waals surface area contributed by atoms with E-state index in [-0.39, 0.29) is 11.9 Å². The zero-order valence-electron chi connectivity index (χ0n) is 8.84. The summed E-state index contributed by atoms with van der Waals surface area (Å²) in [7, 11) is 1.65. The van der Waals surface area contributed by atoms with Gasteiger partial charge in [0.25, 0.3) is 0 Å². The molecule has 3 N–H and O–H groups in total. The largest absolute Gasteiger partial charge is 0.383 e. The highest BCUT2D eigenvalue weighted by Gasteiger charge is 2.20. The standard InChI is InChI=1S/C9H17N3O2S/c1-14-5-4-10-9(15)11-6-7-2-3-8(13)12-7/h7H,2-6H2,1H3,(H,12,13)(H2,10,11,15). The molecule has 1 rings (SSSR count). The number of carbonyl (C=O) groups is 1. The van der Waals surface area contributed by atoms with Crippen molar-refractivity contribution in [2.75, 3.05) is 26.8 Å². The number of thiocarbonyl (C=S) groups is 1. The van der Waals surface area contributed by atoms with Crippen LogP contribution in [0.2, 0.25) is 0 Å². The molecule has 0 spiro atoms. The van der Waals surface area contributed by atoms with Gasteiger partial charge >= 0.3 is 0 Å². The zero-order chi connectivity index (χ0) is 11.1. The van der Waals surface area contributed by atoms with E-state index in [1.54, 1.807) is 7.11 Å². The van der Waals surface area contributed by atoms with Crippen molar-refractivity contribution in [1.29, 1.82) is 0 Å². The van der Waals surface area contributed by atoms with Crippen LogP contribution in [0.4, 0.5) is 0 Å². The number of carbonyl (C=O) groups excluding carboxylic acids is 1. The third kappa shape index (κ3) is 4.94. The molecule has 0 aliphatic carbocycles. The van der Waals surface area contributed by atoms with Gasteiger partial charge in [-0.2, -0.15) is 0 Å². The first-order chi connectivity index (χ1) is 7.22. The first-order valence-corrected chi connectivity index (χ1v) is 5.43. The number of rotatable bonds is 5. The Morgan fingerprint density at radius 1 is 1.67 bits per heavy atom. The summed E-state index contributed by atoms with van der Waals surface area (Å²) in [6.45, 7) is 2.01. The first kappa shape index (κ1) is 12.2. The van der Waals surface area contributed by atoms with Crippen LogP contribution in [-0.4, -0.2) is 43.9 Å². The van der Waals surface area contributed by atoms with Crippen LogP contribution in [0.15, 0.2) is 0 Å². The maximum absolute atomic E-state index is 10.9. The van der Waals surface area contributed by atoms with Gasteiger partial charge in [0.2, 0.25) is 5.91 Å². The Morgan fingerprint density at radius 3 is 3.07 bits per heavy atom. The predicted molar refractivity (Wildman–Crippen MR) is 61.6 cm³/mol. The minimum Gasteiger partial charge on any atom is -0.383 e. The van der Waals surface area contributed by atoms with Crippen molar-refractivity contribution in [3.63, 3.8) is 0 Å². The molecule has 0 bridgehead atoms. The summed E-state index contributed by atoms with van der Waals surface area (Å²) in [6.07, 6.45) is 1.50. The summed E-state index contributed by atoms with van der Waals surface area (Å²) < 4.78 is 4.88. The third-order valence-corrected chi connectivity index (χ3v) is 2.47. The van der Waals surface area contributed by atoms with E-state index >= 15 is 0 Å². The number of hydrogen-bond donors (Lipinski definition) is 3. The Morgan fingerprint density at radius 2 is 2.47 bits per heavy atom. The Labute approximate surface area is 94.9 Å². The van der Waals surface area contributed by atoms with Crippen molar-refractivity contribution in [1.82, 2.24) is 16.0 Å². The van der Waals surface area contributed by atoms with Crippen LogP contribution >= 0.6 is 12.2 Å². The van der Waals surface area contributed by atoms with Crippen molar-refractivity contribution in [3.8, 4) is 0 Å². The van der Waals surface area contributed by atoms with Crippen molar-refractivity contribution in [3.05, 3.63) is 0 Å². The molecule has 0 radical (unpaired) electrons. The lowest BCUT2D eigenvalue weighted by Crippen LogP contribution is -2.43. The van der Waals surface area contributed by atoms with E-state index in [9.17, 15) is 4.79 Å². The van der Waals surface area contributed by atoms with E-state index in [2.05, 4.69) is 16.0 Å². The smallest absolute Gasteiger partial charge is 0.220 e. The number of ether oxygens (including phenoxy) is 1. The highest BCUT2D eigenvalue weighted by molar-refractivity contribution is 7.80. The molecule has 1 atom stereocenters. The second-order valence-corrected chi connectivity index (χ2v) is 3.84. The first-order valence-electron chi connectivity index (χ1n) is 5.02. The van der Waals surface area contributed by atoms with Gasteiger partial charge in [-0.3, -0.25) is 4.79 Å². The van der Waals surface area contributed by atoms with Crippen LogP contribution < -0.4 is 16.0 Å². The van der Waals surface area contributed by atoms with E-state index in [0.717, 1.165) is 6.42 Å². The van der Waals surface area contributed by atoms with Gasteiger partial charge in [-0.1, -0.05) is 0 Å². The third-order valence-electron chi connectivity index (χ3n) is 2.19. The fourth-order valence-electron chi connectivity index (χ4n) is 1.38. The molecule has 1 saturated heterocycles. The van der Waals surface area contributed by atoms with Crippen LogP contribution in [0.3, 0.4) is 0 Å². The number of methoxy groups -OCH3 is 1. The van der Waals surface area contributed by atoms with Crippen molar-refractivity contribution in [2.24, 2.45) is 0 Å². The van der Waals surface area contributed by atoms with Crippen molar-refractivity contribution in [2.45, 2.75) is 18.9 Å². The second-order valence-electron chi connectivity index (χ2n) is 3.43. The Kier molecular flexibility index (Phi) is 5.34. The van der Waals surface area contributed by atoms with Gasteiger partial charge < -0.3 is 20.7 Å². The molecular weight excluding hydrogens is 214 g/mol. The van der Waals surface area contributed by atoms with Crippen LogP contribution in [0.5, 0.6) is 0 Å². The van der Waals surface area contributed by atoms with Gasteiger partial charge in [0.05, 0.1) is 6.61 Å². The van der Waals surface area contributed by atoms with Crippen molar-refractivity contribution >= 4 is 23.2 Å². The predicted octanol–water partition coefficient (Wildman–Crippen LogP) is -0.624. The molecule has 1 aliphatic rings. The lowest BCUT2D eigenvalue weighted by atomic mass is 10.2. The SMILES string of the molecule is COCCNC(=S)NCC1CCC(=O)N1. The number of hydrogen-bond acceptors (Lipinski definition) is 3. The topological polar surface area (TPSA) is 62.4 Å². The molecule has 0 aromatic carbocycles. The molecule has 0 saturated carbocycles. The molecular formula is C9H17N3O2S.